The van der Waals surface area contributed by atoms with Crippen molar-refractivity contribution >= 4 is 11.3 Å². The molecule has 19 heavy (non-hydrogen) atoms. The fourth-order valence-electron chi connectivity index (χ4n) is 1.51. The van der Waals surface area contributed by atoms with Crippen LogP contribution in [0.3, 0.4) is 0 Å². The Labute approximate surface area is 116 Å². The van der Waals surface area contributed by atoms with Gasteiger partial charge in [0.1, 0.15) is 24.7 Å². The first-order chi connectivity index (χ1) is 9.31. The Morgan fingerprint density at radius 1 is 1.26 bits per heavy atom. The zero-order valence-corrected chi connectivity index (χ0v) is 11.4. The predicted molar refractivity (Wildman–Crippen MR) is 75.6 cm³/mol. The van der Waals surface area contributed by atoms with E-state index in [1.54, 1.807) is 18.4 Å². The minimum absolute atomic E-state index is 0.120. The summed E-state index contributed by atoms with van der Waals surface area (Å²) in [5.41, 5.74) is 0.906. The van der Waals surface area contributed by atoms with Gasteiger partial charge in [0.05, 0.1) is 7.11 Å². The number of methoxy groups -OCH3 is 1. The highest BCUT2D eigenvalue weighted by Crippen LogP contribution is 2.21. The summed E-state index contributed by atoms with van der Waals surface area (Å²) in [6.45, 7) is 0.379. The molecule has 1 N–H and O–H groups in total. The average molecular weight is 274 g/mol. The molecule has 1 heterocycles. The van der Waals surface area contributed by atoms with Gasteiger partial charge in [-0.05, 0) is 18.2 Å². The second kappa shape index (κ2) is 6.83. The molecule has 0 aliphatic carbocycles. The van der Waals surface area contributed by atoms with E-state index >= 15 is 0 Å². The molecule has 0 aliphatic heterocycles. The van der Waals surface area contributed by atoms with E-state index in [2.05, 4.69) is 11.8 Å². The molecule has 0 aliphatic rings. The molecule has 0 atom stereocenters. The van der Waals surface area contributed by atoms with Crippen LogP contribution in [-0.2, 0) is 6.61 Å². The summed E-state index contributed by atoms with van der Waals surface area (Å²) in [4.78, 5) is 1.09. The van der Waals surface area contributed by atoms with E-state index in [0.29, 0.717) is 6.61 Å². The third-order valence-electron chi connectivity index (χ3n) is 2.39. The van der Waals surface area contributed by atoms with Gasteiger partial charge in [0.2, 0.25) is 0 Å². The minimum atomic E-state index is -0.120. The fraction of sp³-hybridized carbons (Fsp3) is 0.200. The normalized spacial score (nSPS) is 9.58. The van der Waals surface area contributed by atoms with Gasteiger partial charge in [0.15, 0.2) is 0 Å². The van der Waals surface area contributed by atoms with Crippen molar-refractivity contribution < 1.29 is 14.6 Å². The molecule has 2 rings (SSSR count). The molecule has 1 aromatic heterocycles. The highest BCUT2D eigenvalue weighted by molar-refractivity contribution is 7.10. The van der Waals surface area contributed by atoms with Crippen LogP contribution in [0.5, 0.6) is 11.5 Å². The molecule has 0 fully saturated rings. The molecular weight excluding hydrogens is 260 g/mol. The number of hydrogen-bond acceptors (Lipinski definition) is 4. The van der Waals surface area contributed by atoms with E-state index in [-0.39, 0.29) is 6.61 Å². The maximum Gasteiger partial charge on any atom is 0.123 e. The van der Waals surface area contributed by atoms with Gasteiger partial charge in [-0.3, -0.25) is 0 Å². The number of hydrogen-bond donors (Lipinski definition) is 1. The maximum absolute atomic E-state index is 8.63. The number of aliphatic hydroxyl groups is 1. The molecule has 0 saturated carbocycles. The summed E-state index contributed by atoms with van der Waals surface area (Å²) < 4.78 is 10.8. The molecule has 0 amide bonds. The second-order valence-corrected chi connectivity index (χ2v) is 4.73. The van der Waals surface area contributed by atoms with Crippen LogP contribution in [0.1, 0.15) is 10.4 Å². The van der Waals surface area contributed by atoms with Crippen LogP contribution in [0.15, 0.2) is 35.7 Å². The van der Waals surface area contributed by atoms with Crippen LogP contribution in [0.25, 0.3) is 0 Å². The second-order valence-electron chi connectivity index (χ2n) is 3.73. The quantitative estimate of drug-likeness (QED) is 0.871. The Morgan fingerprint density at radius 3 is 2.89 bits per heavy atom. The lowest BCUT2D eigenvalue weighted by Gasteiger charge is -2.06. The van der Waals surface area contributed by atoms with Gasteiger partial charge in [0, 0.05) is 21.9 Å². The number of ether oxygens (including phenoxy) is 2. The molecule has 3 nitrogen and oxygen atoms in total. The van der Waals surface area contributed by atoms with Crippen molar-refractivity contribution in [2.75, 3.05) is 13.7 Å². The van der Waals surface area contributed by atoms with Crippen molar-refractivity contribution in [1.82, 2.24) is 0 Å². The monoisotopic (exact) mass is 274 g/mol. The van der Waals surface area contributed by atoms with Crippen LogP contribution in [-0.4, -0.2) is 18.8 Å². The zero-order chi connectivity index (χ0) is 13.5. The first-order valence-corrected chi connectivity index (χ1v) is 6.64. The van der Waals surface area contributed by atoms with Crippen LogP contribution in [0.4, 0.5) is 0 Å². The molecular formula is C15H14O3S. The first kappa shape index (κ1) is 13.5. The first-order valence-electron chi connectivity index (χ1n) is 5.76. The minimum Gasteiger partial charge on any atom is -0.497 e. The third kappa shape index (κ3) is 4.02. The van der Waals surface area contributed by atoms with E-state index in [1.165, 1.54) is 0 Å². The lowest BCUT2D eigenvalue weighted by atomic mass is 10.3. The van der Waals surface area contributed by atoms with Gasteiger partial charge in [-0.25, -0.2) is 0 Å². The van der Waals surface area contributed by atoms with E-state index in [0.717, 1.165) is 21.9 Å². The van der Waals surface area contributed by atoms with Gasteiger partial charge in [-0.1, -0.05) is 17.9 Å². The Balaban J connectivity index is 1.96. The predicted octanol–water partition coefficient (Wildman–Crippen LogP) is 2.68. The fourth-order valence-corrected chi connectivity index (χ4v) is 2.24. The van der Waals surface area contributed by atoms with Gasteiger partial charge < -0.3 is 14.6 Å². The van der Waals surface area contributed by atoms with Crippen molar-refractivity contribution in [2.45, 2.75) is 6.61 Å². The summed E-state index contributed by atoms with van der Waals surface area (Å²) >= 11 is 1.59. The maximum atomic E-state index is 8.63. The van der Waals surface area contributed by atoms with Crippen LogP contribution in [0, 0.1) is 11.8 Å². The number of thiophene rings is 1. The largest absolute Gasteiger partial charge is 0.497 e. The molecule has 0 unspecified atom stereocenters. The summed E-state index contributed by atoms with van der Waals surface area (Å²) in [5.74, 6) is 7.04. The molecule has 98 valence electrons. The molecule has 4 heteroatoms. The number of rotatable bonds is 4. The number of benzene rings is 1. The van der Waals surface area contributed by atoms with Crippen LogP contribution in [0.2, 0.25) is 0 Å². The average Bonchev–Trinajstić information content (AvgIpc) is 2.91. The van der Waals surface area contributed by atoms with Gasteiger partial charge in [-0.2, -0.15) is 0 Å². The van der Waals surface area contributed by atoms with Crippen LogP contribution >= 0.6 is 11.3 Å². The van der Waals surface area contributed by atoms with Crippen molar-refractivity contribution in [1.29, 1.82) is 0 Å². The number of aliphatic hydroxyl groups excluding tert-OH is 1. The van der Waals surface area contributed by atoms with E-state index in [9.17, 15) is 0 Å². The molecule has 1 aromatic carbocycles. The summed E-state index contributed by atoms with van der Waals surface area (Å²) in [6, 6.07) is 9.47. The Bertz CT molecular complexity index is 593. The SMILES string of the molecule is COc1cccc(OCc2cc(C#CCO)cs2)c1. The van der Waals surface area contributed by atoms with Crippen molar-refractivity contribution in [2.24, 2.45) is 0 Å². The standard InChI is InChI=1S/C15H14O3S/c1-17-13-5-2-6-14(9-13)18-10-15-8-12(11-19-15)4-3-7-16/h2,5-6,8-9,11,16H,7,10H2,1H3. The van der Waals surface area contributed by atoms with Crippen molar-refractivity contribution in [3.8, 4) is 23.3 Å². The van der Waals surface area contributed by atoms with Gasteiger partial charge in [-0.15, -0.1) is 11.3 Å². The van der Waals surface area contributed by atoms with Crippen LogP contribution < -0.4 is 9.47 Å². The Kier molecular flexibility index (Phi) is 4.85. The summed E-state index contributed by atoms with van der Waals surface area (Å²) in [6.07, 6.45) is 0. The molecule has 0 spiro atoms. The Morgan fingerprint density at radius 2 is 2.11 bits per heavy atom. The molecule has 0 saturated heterocycles. The lowest BCUT2D eigenvalue weighted by molar-refractivity contribution is 0.307. The van der Waals surface area contributed by atoms with Gasteiger partial charge in [0.25, 0.3) is 0 Å². The van der Waals surface area contributed by atoms with Gasteiger partial charge >= 0.3 is 0 Å². The molecule has 0 bridgehead atoms. The van der Waals surface area contributed by atoms with E-state index in [1.807, 2.05) is 35.7 Å². The summed E-state index contributed by atoms with van der Waals surface area (Å²) in [5, 5.41) is 10.6. The smallest absolute Gasteiger partial charge is 0.123 e. The molecule has 0 radical (unpaired) electrons. The zero-order valence-electron chi connectivity index (χ0n) is 10.6. The highest BCUT2D eigenvalue weighted by Gasteiger charge is 2.01. The summed E-state index contributed by atoms with van der Waals surface area (Å²) in [7, 11) is 1.63. The highest BCUT2D eigenvalue weighted by atomic mass is 32.1. The van der Waals surface area contributed by atoms with E-state index in [4.69, 9.17) is 14.6 Å². The van der Waals surface area contributed by atoms with Crippen molar-refractivity contribution in [3.05, 3.63) is 46.2 Å². The Hall–Kier alpha value is -1.96. The lowest BCUT2D eigenvalue weighted by Crippen LogP contribution is -1.93. The topological polar surface area (TPSA) is 38.7 Å². The third-order valence-corrected chi connectivity index (χ3v) is 3.30. The van der Waals surface area contributed by atoms with Crippen molar-refractivity contribution in [3.63, 3.8) is 0 Å². The molecule has 2 aromatic rings. The van der Waals surface area contributed by atoms with E-state index < -0.39 is 0 Å².